The molecule has 15 rings (SSSR count). The van der Waals surface area contributed by atoms with E-state index in [9.17, 15) is 0 Å². The van der Waals surface area contributed by atoms with Crippen LogP contribution in [0.3, 0.4) is 0 Å². The van der Waals surface area contributed by atoms with Crippen LogP contribution in [0, 0.1) is 0 Å². The number of fused-ring (bicyclic) bond motifs is 7. The highest BCUT2D eigenvalue weighted by atomic mass is 14.7. The average Bonchev–Trinajstić information content (AvgIpc) is 3.58. The van der Waals surface area contributed by atoms with Crippen molar-refractivity contribution < 1.29 is 0 Å². The topological polar surface area (TPSA) is 25.8 Å². The summed E-state index contributed by atoms with van der Waals surface area (Å²) < 4.78 is 0. The molecule has 0 amide bonds. The average molecular weight is 963 g/mol. The molecule has 0 aliphatic rings. The Bertz CT molecular complexity index is 4780. The molecule has 0 fully saturated rings. The third-order valence-electron chi connectivity index (χ3n) is 15.7. The van der Waals surface area contributed by atoms with Gasteiger partial charge in [0.1, 0.15) is 0 Å². The van der Waals surface area contributed by atoms with Crippen LogP contribution in [0.15, 0.2) is 279 Å². The predicted octanol–water partition coefficient (Wildman–Crippen LogP) is 20.2. The van der Waals surface area contributed by atoms with Gasteiger partial charge in [-0.15, -0.1) is 0 Å². The third kappa shape index (κ3) is 7.18. The van der Waals surface area contributed by atoms with Crippen molar-refractivity contribution >= 4 is 75.4 Å². The first-order valence-corrected chi connectivity index (χ1v) is 26.1. The van der Waals surface area contributed by atoms with Gasteiger partial charge >= 0.3 is 0 Å². The SMILES string of the molecule is c1ccc(-c2c3ccccc3c(-c3ccc(-c4cccc5ccccc45)nc3)c3cc(-c4ccc5c(-c6ccc(-c7cccc8ccccc78)nc6)c6ccccc6c(-c6ccc7ccccc7c6)c5c4)ccc23)cc1. The maximum atomic E-state index is 5.23. The summed E-state index contributed by atoms with van der Waals surface area (Å²) in [6.07, 6.45) is 4.15. The van der Waals surface area contributed by atoms with E-state index in [4.69, 9.17) is 9.97 Å². The molecule has 352 valence electrons. The van der Waals surface area contributed by atoms with E-state index in [1.165, 1.54) is 109 Å². The minimum atomic E-state index is 0.956. The van der Waals surface area contributed by atoms with Gasteiger partial charge in [0, 0.05) is 34.6 Å². The van der Waals surface area contributed by atoms with Gasteiger partial charge in [0.25, 0.3) is 0 Å². The lowest BCUT2D eigenvalue weighted by atomic mass is 9.83. The third-order valence-corrected chi connectivity index (χ3v) is 15.7. The fraction of sp³-hybridized carbons (Fsp3) is 0. The summed E-state index contributed by atoms with van der Waals surface area (Å²) in [4.78, 5) is 10.4. The number of pyridine rings is 2. The van der Waals surface area contributed by atoms with Gasteiger partial charge in [-0.05, 0) is 150 Å². The molecule has 0 saturated carbocycles. The largest absolute Gasteiger partial charge is 0.256 e. The van der Waals surface area contributed by atoms with Gasteiger partial charge in [-0.2, -0.15) is 0 Å². The summed E-state index contributed by atoms with van der Waals surface area (Å²) >= 11 is 0. The second kappa shape index (κ2) is 17.9. The van der Waals surface area contributed by atoms with Crippen molar-refractivity contribution in [2.45, 2.75) is 0 Å². The molecule has 0 atom stereocenters. The molecule has 2 heterocycles. The highest BCUT2D eigenvalue weighted by Gasteiger charge is 2.21. The lowest BCUT2D eigenvalue weighted by Crippen LogP contribution is -1.94. The molecular weight excluding hydrogens is 917 g/mol. The molecule has 2 aromatic heterocycles. The van der Waals surface area contributed by atoms with E-state index >= 15 is 0 Å². The van der Waals surface area contributed by atoms with Gasteiger partial charge in [-0.25, -0.2) is 0 Å². The molecule has 0 saturated heterocycles. The lowest BCUT2D eigenvalue weighted by molar-refractivity contribution is 1.34. The first-order chi connectivity index (χ1) is 37.7. The maximum Gasteiger partial charge on any atom is 0.0708 e. The van der Waals surface area contributed by atoms with Crippen molar-refractivity contribution in [1.29, 1.82) is 0 Å². The number of rotatable bonds is 7. The summed E-state index contributed by atoms with van der Waals surface area (Å²) in [6.45, 7) is 0. The minimum Gasteiger partial charge on any atom is -0.256 e. The van der Waals surface area contributed by atoms with E-state index in [2.05, 4.69) is 279 Å². The fourth-order valence-electron chi connectivity index (χ4n) is 12.2. The van der Waals surface area contributed by atoms with E-state index < -0.39 is 0 Å². The summed E-state index contributed by atoms with van der Waals surface area (Å²) in [6, 6.07) is 97.4. The summed E-state index contributed by atoms with van der Waals surface area (Å²) in [5.74, 6) is 0. The quantitative estimate of drug-likeness (QED) is 0.149. The number of nitrogens with zero attached hydrogens (tertiary/aromatic N) is 2. The maximum absolute atomic E-state index is 5.23. The summed E-state index contributed by atoms with van der Waals surface area (Å²) in [5.41, 5.74) is 15.8. The normalized spacial score (nSPS) is 11.7. The van der Waals surface area contributed by atoms with E-state index in [1.54, 1.807) is 0 Å². The smallest absolute Gasteiger partial charge is 0.0708 e. The number of benzene rings is 13. The van der Waals surface area contributed by atoms with E-state index in [0.29, 0.717) is 0 Å². The molecular formula is C74H46N2. The minimum absolute atomic E-state index is 0.956. The Balaban J connectivity index is 0.961. The number of aromatic nitrogens is 2. The fourth-order valence-corrected chi connectivity index (χ4v) is 12.2. The Morgan fingerprint density at radius 1 is 0.184 bits per heavy atom. The van der Waals surface area contributed by atoms with Crippen LogP contribution in [0.4, 0.5) is 0 Å². The molecule has 2 nitrogen and oxygen atoms in total. The van der Waals surface area contributed by atoms with Gasteiger partial charge in [-0.3, -0.25) is 9.97 Å². The Morgan fingerprint density at radius 3 is 1.05 bits per heavy atom. The van der Waals surface area contributed by atoms with Crippen molar-refractivity contribution in [2.75, 3.05) is 0 Å². The van der Waals surface area contributed by atoms with Crippen molar-refractivity contribution in [1.82, 2.24) is 9.97 Å². The Morgan fingerprint density at radius 2 is 0.553 bits per heavy atom. The zero-order valence-electron chi connectivity index (χ0n) is 41.5. The van der Waals surface area contributed by atoms with E-state index in [-0.39, 0.29) is 0 Å². The van der Waals surface area contributed by atoms with Crippen LogP contribution in [0.5, 0.6) is 0 Å². The zero-order chi connectivity index (χ0) is 50.1. The molecule has 2 heteroatoms. The molecule has 0 aliphatic heterocycles. The molecule has 0 bridgehead atoms. The molecule has 0 spiro atoms. The first kappa shape index (κ1) is 43.6. The van der Waals surface area contributed by atoms with Crippen LogP contribution >= 0.6 is 0 Å². The van der Waals surface area contributed by atoms with Crippen LogP contribution < -0.4 is 0 Å². The van der Waals surface area contributed by atoms with Crippen LogP contribution in [-0.2, 0) is 0 Å². The summed E-state index contributed by atoms with van der Waals surface area (Å²) in [5, 5.41) is 16.8. The van der Waals surface area contributed by atoms with E-state index in [0.717, 1.165) is 44.8 Å². The van der Waals surface area contributed by atoms with Gasteiger partial charge in [0.15, 0.2) is 0 Å². The van der Waals surface area contributed by atoms with Gasteiger partial charge < -0.3 is 0 Å². The van der Waals surface area contributed by atoms with Gasteiger partial charge in [0.05, 0.1) is 11.4 Å². The molecule has 13 aromatic carbocycles. The second-order valence-electron chi connectivity index (χ2n) is 20.0. The van der Waals surface area contributed by atoms with Crippen molar-refractivity contribution in [3.63, 3.8) is 0 Å². The highest BCUT2D eigenvalue weighted by Crippen LogP contribution is 2.48. The molecule has 76 heavy (non-hydrogen) atoms. The predicted molar refractivity (Wildman–Crippen MR) is 323 cm³/mol. The highest BCUT2D eigenvalue weighted by molar-refractivity contribution is 6.24. The number of hydrogen-bond acceptors (Lipinski definition) is 2. The standard InChI is InChI=1S/C74H46N2/c1-2-19-50(20-3-1)71-61-26-10-13-29-64(61)74(56-37-41-70(76-46-56)60-31-15-23-49-18-7-9-25-58(49)60)68-44-53(34-38-65(68)71)52-35-39-66-67(43-52)72(54-33-32-47-16-4-5-21-51(47)42-54)62-27-11-12-28-63(62)73(66)55-36-40-69(75-45-55)59-30-14-22-48-17-6-8-24-57(48)59/h1-46H. The Hall–Kier alpha value is -10.0. The van der Waals surface area contributed by atoms with Gasteiger partial charge in [0.2, 0.25) is 0 Å². The van der Waals surface area contributed by atoms with Crippen LogP contribution in [0.2, 0.25) is 0 Å². The summed E-state index contributed by atoms with van der Waals surface area (Å²) in [7, 11) is 0. The second-order valence-corrected chi connectivity index (χ2v) is 20.0. The monoisotopic (exact) mass is 962 g/mol. The van der Waals surface area contributed by atoms with E-state index in [1.807, 2.05) is 0 Å². The Labute approximate surface area is 440 Å². The van der Waals surface area contributed by atoms with Crippen LogP contribution in [0.25, 0.3) is 154 Å². The van der Waals surface area contributed by atoms with Gasteiger partial charge in [-0.1, -0.05) is 237 Å². The molecule has 0 radical (unpaired) electrons. The zero-order valence-corrected chi connectivity index (χ0v) is 41.5. The van der Waals surface area contributed by atoms with Crippen molar-refractivity contribution in [3.05, 3.63) is 279 Å². The lowest BCUT2D eigenvalue weighted by Gasteiger charge is -2.20. The van der Waals surface area contributed by atoms with Crippen molar-refractivity contribution in [3.8, 4) is 78.1 Å². The Kier molecular flexibility index (Phi) is 10.2. The molecule has 15 aromatic rings. The molecule has 0 aliphatic carbocycles. The van der Waals surface area contributed by atoms with Crippen LogP contribution in [-0.4, -0.2) is 9.97 Å². The van der Waals surface area contributed by atoms with Crippen molar-refractivity contribution in [2.24, 2.45) is 0 Å². The number of hydrogen-bond donors (Lipinski definition) is 0. The van der Waals surface area contributed by atoms with Crippen LogP contribution in [0.1, 0.15) is 0 Å². The molecule has 0 N–H and O–H groups in total. The first-order valence-electron chi connectivity index (χ1n) is 26.1. The molecule has 0 unspecified atom stereocenters.